The molecule has 0 aliphatic rings. The van der Waals surface area contributed by atoms with Gasteiger partial charge in [-0.15, -0.1) is 19.7 Å². The molecule has 0 radical (unpaired) electrons. The molecular weight excluding hydrogens is 516 g/mol. The van der Waals surface area contributed by atoms with Gasteiger partial charge in [0.2, 0.25) is 0 Å². The maximum absolute atomic E-state index is 5.31. The summed E-state index contributed by atoms with van der Waals surface area (Å²) in [5, 5.41) is 0. The van der Waals surface area contributed by atoms with E-state index >= 15 is 0 Å². The van der Waals surface area contributed by atoms with Gasteiger partial charge in [0.15, 0.2) is 0 Å². The number of hydrogen-bond donors (Lipinski definition) is 0. The number of imidazole rings is 3. The molecule has 0 amide bonds. The van der Waals surface area contributed by atoms with E-state index in [1.165, 1.54) is 0 Å². The highest BCUT2D eigenvalue weighted by Gasteiger charge is 2.28. The van der Waals surface area contributed by atoms with E-state index in [4.69, 9.17) is 15.0 Å². The molecule has 42 heavy (non-hydrogen) atoms. The molecule has 0 fully saturated rings. The molecule has 0 saturated carbocycles. The fourth-order valence-corrected chi connectivity index (χ4v) is 5.91. The van der Waals surface area contributed by atoms with Crippen molar-refractivity contribution < 1.29 is 0 Å². The van der Waals surface area contributed by atoms with Crippen LogP contribution in [-0.4, -0.2) is 28.7 Å². The third-order valence-corrected chi connectivity index (χ3v) is 7.54. The van der Waals surface area contributed by atoms with Crippen LogP contribution in [0.3, 0.4) is 0 Å². The van der Waals surface area contributed by atoms with Crippen LogP contribution >= 0.6 is 0 Å². The molecule has 0 unspecified atom stereocenters. The maximum atomic E-state index is 5.31. The average Bonchev–Trinajstić information content (AvgIpc) is 3.70. The van der Waals surface area contributed by atoms with Crippen molar-refractivity contribution in [3.8, 4) is 17.1 Å². The first kappa shape index (κ1) is 25.5. The molecule has 0 aliphatic heterocycles. The van der Waals surface area contributed by atoms with Gasteiger partial charge in [0.05, 0.1) is 0 Å². The molecule has 4 aromatic carbocycles. The number of fused-ring (bicyclic) bond motifs is 6. The normalized spacial score (nSPS) is 11.4. The minimum Gasteiger partial charge on any atom is -0.294 e. The maximum Gasteiger partial charge on any atom is 0.118 e. The van der Waals surface area contributed by atoms with Crippen LogP contribution in [0.1, 0.15) is 17.5 Å². The Balaban J connectivity index is 1.78. The summed E-state index contributed by atoms with van der Waals surface area (Å²) >= 11 is 0. The minimum atomic E-state index is 0.602. The highest BCUT2D eigenvalue weighted by molar-refractivity contribution is 6.20. The van der Waals surface area contributed by atoms with Gasteiger partial charge in [0, 0.05) is 36.3 Å². The van der Waals surface area contributed by atoms with Crippen molar-refractivity contribution in [1.29, 1.82) is 0 Å². The monoisotopic (exact) mass is 546 g/mol. The first-order valence-corrected chi connectivity index (χ1v) is 14.1. The lowest BCUT2D eigenvalue weighted by Gasteiger charge is -2.11. The van der Waals surface area contributed by atoms with Gasteiger partial charge < -0.3 is 0 Å². The summed E-state index contributed by atoms with van der Waals surface area (Å²) in [5.74, 6) is 2.68. The van der Waals surface area contributed by atoms with Crippen molar-refractivity contribution >= 4 is 33.1 Å². The van der Waals surface area contributed by atoms with E-state index in [0.29, 0.717) is 19.3 Å². The summed E-state index contributed by atoms with van der Waals surface area (Å²) in [5.41, 5.74) is 8.47. The Morgan fingerprint density at radius 1 is 0.429 bits per heavy atom. The van der Waals surface area contributed by atoms with Gasteiger partial charge in [-0.25, -0.2) is 15.0 Å². The summed E-state index contributed by atoms with van der Waals surface area (Å²) in [4.78, 5) is 15.9. The van der Waals surface area contributed by atoms with E-state index < -0.39 is 0 Å². The molecule has 0 aliphatic carbocycles. The van der Waals surface area contributed by atoms with Crippen LogP contribution in [0.2, 0.25) is 0 Å². The van der Waals surface area contributed by atoms with Crippen molar-refractivity contribution in [2.24, 2.45) is 0 Å². The zero-order valence-electron chi connectivity index (χ0n) is 23.3. The van der Waals surface area contributed by atoms with E-state index in [9.17, 15) is 0 Å². The summed E-state index contributed by atoms with van der Waals surface area (Å²) in [6.07, 6.45) is 7.51. The number of aromatic nitrogens is 6. The van der Waals surface area contributed by atoms with Crippen molar-refractivity contribution in [1.82, 2.24) is 28.7 Å². The predicted octanol–water partition coefficient (Wildman–Crippen LogP) is 7.89. The largest absolute Gasteiger partial charge is 0.294 e. The Kier molecular flexibility index (Phi) is 6.36. The van der Waals surface area contributed by atoms with Crippen LogP contribution in [0, 0.1) is 0 Å². The fraction of sp³-hybridized carbons (Fsp3) is 0.0833. The van der Waals surface area contributed by atoms with Gasteiger partial charge in [-0.2, -0.15) is 0 Å². The number of para-hydroxylation sites is 3. The standard InChI is InChI=1S/C36H30N6/c1-4-16-28-37-31-34(40(28)25-19-10-7-11-20-25)32-36(42(29(38-32)17-5-2)27-23-14-9-15-24-27)33-35(31)41(30(39-33)18-6-3)26-21-12-8-13-22-26/h4-15,19-24H,1-3,16-18H2. The van der Waals surface area contributed by atoms with E-state index in [1.54, 1.807) is 0 Å². The van der Waals surface area contributed by atoms with Crippen LogP contribution in [-0.2, 0) is 19.3 Å². The second kappa shape index (κ2) is 10.5. The van der Waals surface area contributed by atoms with Crippen molar-refractivity contribution in [2.45, 2.75) is 19.3 Å². The van der Waals surface area contributed by atoms with E-state index in [0.717, 1.165) is 67.6 Å². The summed E-state index contributed by atoms with van der Waals surface area (Å²) in [6.45, 7) is 12.1. The van der Waals surface area contributed by atoms with E-state index in [2.05, 4.69) is 106 Å². The molecule has 6 nitrogen and oxygen atoms in total. The Hall–Kier alpha value is -5.49. The highest BCUT2D eigenvalue weighted by Crippen LogP contribution is 2.40. The quantitative estimate of drug-likeness (QED) is 0.173. The third kappa shape index (κ3) is 3.91. The average molecular weight is 547 g/mol. The lowest BCUT2D eigenvalue weighted by Crippen LogP contribution is -2.01. The first-order chi connectivity index (χ1) is 20.7. The lowest BCUT2D eigenvalue weighted by atomic mass is 10.2. The Morgan fingerprint density at radius 2 is 0.690 bits per heavy atom. The molecule has 0 N–H and O–H groups in total. The molecule has 6 heteroatoms. The molecule has 7 rings (SSSR count). The van der Waals surface area contributed by atoms with Crippen molar-refractivity contribution in [3.63, 3.8) is 0 Å². The lowest BCUT2D eigenvalue weighted by molar-refractivity contribution is 0.946. The molecule has 0 atom stereocenters. The van der Waals surface area contributed by atoms with Crippen LogP contribution < -0.4 is 0 Å². The first-order valence-electron chi connectivity index (χ1n) is 14.1. The molecule has 0 bridgehead atoms. The molecule has 204 valence electrons. The van der Waals surface area contributed by atoms with Gasteiger partial charge in [-0.05, 0) is 36.4 Å². The second-order valence-corrected chi connectivity index (χ2v) is 10.2. The third-order valence-electron chi connectivity index (χ3n) is 7.54. The number of rotatable bonds is 9. The Labute approximate surface area is 244 Å². The molecule has 3 aromatic heterocycles. The van der Waals surface area contributed by atoms with Gasteiger partial charge in [-0.1, -0.05) is 72.8 Å². The van der Waals surface area contributed by atoms with Gasteiger partial charge in [-0.3, -0.25) is 13.7 Å². The molecule has 0 saturated heterocycles. The van der Waals surface area contributed by atoms with E-state index in [-0.39, 0.29) is 0 Å². The molecule has 7 aromatic rings. The number of nitrogens with zero attached hydrogens (tertiary/aromatic N) is 6. The Bertz CT molecular complexity index is 1820. The Morgan fingerprint density at radius 3 is 0.929 bits per heavy atom. The van der Waals surface area contributed by atoms with Crippen LogP contribution in [0.25, 0.3) is 50.2 Å². The topological polar surface area (TPSA) is 53.5 Å². The van der Waals surface area contributed by atoms with Crippen LogP contribution in [0.4, 0.5) is 0 Å². The molecular formula is C36H30N6. The van der Waals surface area contributed by atoms with Gasteiger partial charge in [0.1, 0.15) is 50.6 Å². The minimum absolute atomic E-state index is 0.602. The van der Waals surface area contributed by atoms with Gasteiger partial charge >= 0.3 is 0 Å². The number of allylic oxidation sites excluding steroid dienone is 3. The second-order valence-electron chi connectivity index (χ2n) is 10.2. The zero-order valence-corrected chi connectivity index (χ0v) is 23.3. The summed E-state index contributed by atoms with van der Waals surface area (Å²) in [6, 6.07) is 31.1. The number of hydrogen-bond acceptors (Lipinski definition) is 3. The molecule has 0 spiro atoms. The predicted molar refractivity (Wildman–Crippen MR) is 172 cm³/mol. The van der Waals surface area contributed by atoms with Crippen LogP contribution in [0.15, 0.2) is 129 Å². The summed E-state index contributed by atoms with van der Waals surface area (Å²) < 4.78 is 6.69. The number of benzene rings is 4. The zero-order chi connectivity index (χ0) is 28.6. The van der Waals surface area contributed by atoms with Crippen molar-refractivity contribution in [3.05, 3.63) is 146 Å². The fourth-order valence-electron chi connectivity index (χ4n) is 5.91. The highest BCUT2D eigenvalue weighted by atomic mass is 15.2. The van der Waals surface area contributed by atoms with E-state index in [1.807, 2.05) is 36.4 Å². The van der Waals surface area contributed by atoms with Crippen LogP contribution in [0.5, 0.6) is 0 Å². The molecule has 3 heterocycles. The smallest absolute Gasteiger partial charge is 0.118 e. The van der Waals surface area contributed by atoms with Crippen molar-refractivity contribution in [2.75, 3.05) is 0 Å². The SMILES string of the molecule is C=CCc1nc2c(c3nc(CC=C)n(-c4ccccc4)c3c3nc(CC=C)n(-c4ccccc4)c23)n1-c1ccccc1. The summed E-state index contributed by atoms with van der Waals surface area (Å²) in [7, 11) is 0. The van der Waals surface area contributed by atoms with Gasteiger partial charge in [0.25, 0.3) is 0 Å².